The highest BCUT2D eigenvalue weighted by molar-refractivity contribution is 8.00. The van der Waals surface area contributed by atoms with Gasteiger partial charge in [-0.05, 0) is 54.9 Å². The van der Waals surface area contributed by atoms with Crippen molar-refractivity contribution in [2.24, 2.45) is 10.9 Å². The van der Waals surface area contributed by atoms with Crippen LogP contribution in [0.1, 0.15) is 56.1 Å². The third kappa shape index (κ3) is 5.14. The number of hydrogen-bond acceptors (Lipinski definition) is 5. The monoisotopic (exact) mass is 469 g/mol. The van der Waals surface area contributed by atoms with Crippen molar-refractivity contribution in [1.82, 2.24) is 9.62 Å². The van der Waals surface area contributed by atoms with Gasteiger partial charge < -0.3 is 5.32 Å². The van der Waals surface area contributed by atoms with Gasteiger partial charge in [0, 0.05) is 23.9 Å². The summed E-state index contributed by atoms with van der Waals surface area (Å²) in [5.41, 5.74) is -1.25. The number of carbonyl (C=O) groups excluding carboxylic acids is 1. The lowest BCUT2D eigenvalue weighted by Gasteiger charge is -2.34. The Balaban J connectivity index is 1.36. The molecule has 2 aliphatic heterocycles. The Labute approximate surface area is 190 Å². The normalized spacial score (nSPS) is 22.8. The van der Waals surface area contributed by atoms with Crippen molar-refractivity contribution in [2.45, 2.75) is 61.6 Å². The summed E-state index contributed by atoms with van der Waals surface area (Å²) < 4.78 is 41.8. The molecule has 1 saturated heterocycles. The Bertz CT molecular complexity index is 886. The average Bonchev–Trinajstić information content (AvgIpc) is 3.06. The van der Waals surface area contributed by atoms with E-state index in [1.165, 1.54) is 43.4 Å². The average molecular weight is 470 g/mol. The van der Waals surface area contributed by atoms with Crippen LogP contribution in [0.2, 0.25) is 0 Å². The molecule has 31 heavy (non-hydrogen) atoms. The van der Waals surface area contributed by atoms with E-state index in [2.05, 4.69) is 22.3 Å². The molecule has 4 nitrogen and oxygen atoms in total. The zero-order valence-electron chi connectivity index (χ0n) is 17.1. The van der Waals surface area contributed by atoms with Crippen LogP contribution in [0, 0.1) is 5.92 Å². The number of alkyl halides is 3. The number of amidine groups is 1. The van der Waals surface area contributed by atoms with E-state index in [1.807, 2.05) is 0 Å². The van der Waals surface area contributed by atoms with Crippen molar-refractivity contribution in [3.63, 3.8) is 0 Å². The van der Waals surface area contributed by atoms with E-state index >= 15 is 0 Å². The third-order valence-corrected chi connectivity index (χ3v) is 7.54. The Morgan fingerprint density at radius 1 is 1.19 bits per heavy atom. The molecule has 1 aromatic carbocycles. The number of carbonyl (C=O) groups is 1. The molecule has 0 aromatic heterocycles. The fraction of sp³-hybridized carbons (Fsp3) is 0.545. The molecule has 1 aromatic rings. The van der Waals surface area contributed by atoms with Crippen molar-refractivity contribution in [3.8, 4) is 0 Å². The Hall–Kier alpha value is -1.45. The van der Waals surface area contributed by atoms with Gasteiger partial charge in [-0.1, -0.05) is 37.3 Å². The Morgan fingerprint density at radius 3 is 2.58 bits per heavy atom. The van der Waals surface area contributed by atoms with Gasteiger partial charge in [-0.25, -0.2) is 4.31 Å². The minimum atomic E-state index is -4.43. The number of amides is 1. The van der Waals surface area contributed by atoms with Gasteiger partial charge in [-0.2, -0.15) is 13.2 Å². The van der Waals surface area contributed by atoms with Gasteiger partial charge in [0.15, 0.2) is 0 Å². The largest absolute Gasteiger partial charge is 0.417 e. The number of thiol groups is 1. The minimum absolute atomic E-state index is 0.00919. The van der Waals surface area contributed by atoms with Crippen molar-refractivity contribution >= 4 is 42.4 Å². The van der Waals surface area contributed by atoms with Crippen molar-refractivity contribution in [1.29, 1.82) is 0 Å². The Kier molecular flexibility index (Phi) is 6.74. The molecule has 2 fully saturated rings. The Morgan fingerprint density at radius 2 is 1.90 bits per heavy atom. The van der Waals surface area contributed by atoms with E-state index in [0.29, 0.717) is 31.8 Å². The topological polar surface area (TPSA) is 44.7 Å². The highest BCUT2D eigenvalue weighted by atomic mass is 32.2. The lowest BCUT2D eigenvalue weighted by molar-refractivity contribution is -0.137. The molecule has 1 N–H and O–H groups in total. The van der Waals surface area contributed by atoms with Crippen LogP contribution in [0.25, 0.3) is 6.08 Å². The molecule has 1 amide bonds. The zero-order valence-corrected chi connectivity index (χ0v) is 18.8. The van der Waals surface area contributed by atoms with Crippen LogP contribution < -0.4 is 5.32 Å². The van der Waals surface area contributed by atoms with E-state index in [1.54, 1.807) is 11.5 Å². The van der Waals surface area contributed by atoms with Crippen LogP contribution in [-0.4, -0.2) is 34.7 Å². The molecule has 3 aliphatic rings. The standard InChI is InChI=1S/C22H26F3N3OS2/c23-22(24,25)18-14-17(30)7-6-15(18)8-13-31-28-11-9-21(10-12-28)20(29)26-19(27-21)16-4-2-1-3-5-16/h6-8,13-14,16,30H,1-5,9-12H2,(H,26,27,29)/b13-8+. The molecule has 1 saturated carbocycles. The maximum atomic E-state index is 13.2. The number of rotatable bonds is 4. The molecule has 2 heterocycles. The first-order valence-electron chi connectivity index (χ1n) is 10.7. The molecular formula is C22H26F3N3OS2. The van der Waals surface area contributed by atoms with Gasteiger partial charge in [0.2, 0.25) is 0 Å². The van der Waals surface area contributed by atoms with E-state index in [4.69, 9.17) is 4.99 Å². The van der Waals surface area contributed by atoms with Gasteiger partial charge in [-0.3, -0.25) is 9.79 Å². The minimum Gasteiger partial charge on any atom is -0.312 e. The van der Waals surface area contributed by atoms with Crippen molar-refractivity contribution < 1.29 is 18.0 Å². The molecule has 1 aliphatic carbocycles. The van der Waals surface area contributed by atoms with E-state index < -0.39 is 17.3 Å². The number of aliphatic imine (C=N–C) groups is 1. The summed E-state index contributed by atoms with van der Waals surface area (Å²) in [6, 6.07) is 4.02. The smallest absolute Gasteiger partial charge is 0.312 e. The number of halogens is 3. The predicted molar refractivity (Wildman–Crippen MR) is 121 cm³/mol. The first-order chi connectivity index (χ1) is 14.8. The molecule has 1 spiro atoms. The second-order valence-electron chi connectivity index (χ2n) is 8.42. The fourth-order valence-corrected chi connectivity index (χ4v) is 5.51. The van der Waals surface area contributed by atoms with Crippen LogP contribution in [0.15, 0.2) is 33.5 Å². The number of nitrogens with zero attached hydrogens (tertiary/aromatic N) is 2. The van der Waals surface area contributed by atoms with Gasteiger partial charge in [0.25, 0.3) is 5.91 Å². The van der Waals surface area contributed by atoms with Crippen LogP contribution in [0.3, 0.4) is 0 Å². The van der Waals surface area contributed by atoms with Crippen molar-refractivity contribution in [3.05, 3.63) is 34.7 Å². The molecule has 168 valence electrons. The molecule has 0 atom stereocenters. The number of piperidine rings is 1. The molecule has 0 radical (unpaired) electrons. The van der Waals surface area contributed by atoms with Crippen molar-refractivity contribution in [2.75, 3.05) is 13.1 Å². The van der Waals surface area contributed by atoms with E-state index in [0.717, 1.165) is 24.7 Å². The molecule has 0 unspecified atom stereocenters. The SMILES string of the molecule is O=C1NC(C2CCCCC2)=NC12CCN(S/C=C/c1ccc(S)cc1C(F)(F)F)CC2. The van der Waals surface area contributed by atoms with Gasteiger partial charge >= 0.3 is 6.18 Å². The first-order valence-corrected chi connectivity index (χ1v) is 11.9. The summed E-state index contributed by atoms with van der Waals surface area (Å²) in [5.74, 6) is 1.26. The van der Waals surface area contributed by atoms with Crippen LogP contribution >= 0.6 is 24.6 Å². The highest BCUT2D eigenvalue weighted by Crippen LogP contribution is 2.37. The summed E-state index contributed by atoms with van der Waals surface area (Å²) in [6.45, 7) is 1.32. The highest BCUT2D eigenvalue weighted by Gasteiger charge is 2.46. The van der Waals surface area contributed by atoms with E-state index in [-0.39, 0.29) is 16.4 Å². The molecule has 0 bridgehead atoms. The number of benzene rings is 1. The maximum Gasteiger partial charge on any atom is 0.417 e. The van der Waals surface area contributed by atoms with Crippen LogP contribution in [0.5, 0.6) is 0 Å². The van der Waals surface area contributed by atoms with E-state index in [9.17, 15) is 18.0 Å². The quantitative estimate of drug-likeness (QED) is 0.449. The van der Waals surface area contributed by atoms with Gasteiger partial charge in [0.05, 0.1) is 5.56 Å². The predicted octanol–water partition coefficient (Wildman–Crippen LogP) is 5.56. The third-order valence-electron chi connectivity index (χ3n) is 6.34. The second-order valence-corrected chi connectivity index (χ2v) is 9.94. The van der Waals surface area contributed by atoms with Crippen LogP contribution in [-0.2, 0) is 11.0 Å². The summed E-state index contributed by atoms with van der Waals surface area (Å²) >= 11 is 5.39. The number of nitrogens with one attached hydrogen (secondary N) is 1. The lowest BCUT2D eigenvalue weighted by atomic mass is 9.88. The van der Waals surface area contributed by atoms with Gasteiger partial charge in [-0.15, -0.1) is 12.6 Å². The maximum absolute atomic E-state index is 13.2. The summed E-state index contributed by atoms with van der Waals surface area (Å²) in [7, 11) is 0. The fourth-order valence-electron chi connectivity index (χ4n) is 4.54. The summed E-state index contributed by atoms with van der Waals surface area (Å²) in [6.07, 6.45) is 4.12. The lowest BCUT2D eigenvalue weighted by Crippen LogP contribution is -2.47. The zero-order chi connectivity index (χ0) is 22.1. The summed E-state index contributed by atoms with van der Waals surface area (Å²) in [4.78, 5) is 17.8. The molecule has 9 heteroatoms. The number of hydrogen-bond donors (Lipinski definition) is 2. The first kappa shape index (κ1) is 22.7. The van der Waals surface area contributed by atoms with Crippen LogP contribution in [0.4, 0.5) is 13.2 Å². The molecule has 4 rings (SSSR count). The molecular weight excluding hydrogens is 443 g/mol. The summed E-state index contributed by atoms with van der Waals surface area (Å²) in [5, 5.41) is 4.72. The van der Waals surface area contributed by atoms with Gasteiger partial charge in [0.1, 0.15) is 11.4 Å². The second kappa shape index (κ2) is 9.19.